The Bertz CT molecular complexity index is 731. The number of methoxy groups -OCH3 is 1. The number of benzene rings is 2. The smallest absolute Gasteiger partial charge is 0.320 e. The molecule has 2 aromatic rings. The minimum atomic E-state index is -0.892. The first-order valence-corrected chi connectivity index (χ1v) is 8.41. The van der Waals surface area contributed by atoms with Gasteiger partial charge < -0.3 is 14.6 Å². The van der Waals surface area contributed by atoms with Crippen LogP contribution in [0.2, 0.25) is 0 Å². The normalized spacial score (nSPS) is 12.0. The van der Waals surface area contributed by atoms with Gasteiger partial charge in [-0.15, -0.1) is 0 Å². The molecule has 0 aliphatic carbocycles. The van der Waals surface area contributed by atoms with Crippen LogP contribution in [0.3, 0.4) is 0 Å². The number of aliphatic carboxylic acids is 1. The molecule has 0 radical (unpaired) electrons. The highest BCUT2D eigenvalue weighted by molar-refractivity contribution is 5.73. The molecule has 2 aromatic carbocycles. The van der Waals surface area contributed by atoms with Gasteiger partial charge in [0.2, 0.25) is 0 Å². The minimum absolute atomic E-state index is 0.0540. The van der Waals surface area contributed by atoms with Gasteiger partial charge in [-0.3, -0.25) is 10.1 Å². The number of halogens is 1. The predicted octanol–water partition coefficient (Wildman–Crippen LogP) is 3.61. The second kappa shape index (κ2) is 9.20. The lowest BCUT2D eigenvalue weighted by Gasteiger charge is -2.20. The van der Waals surface area contributed by atoms with E-state index in [9.17, 15) is 14.3 Å². The molecule has 26 heavy (non-hydrogen) atoms. The van der Waals surface area contributed by atoms with E-state index in [1.165, 1.54) is 12.1 Å². The lowest BCUT2D eigenvalue weighted by Crippen LogP contribution is -2.40. The zero-order valence-corrected chi connectivity index (χ0v) is 15.2. The van der Waals surface area contributed by atoms with Gasteiger partial charge in [0.15, 0.2) is 11.5 Å². The van der Waals surface area contributed by atoms with Crippen LogP contribution in [0, 0.1) is 11.7 Å². The Hall–Kier alpha value is -2.60. The van der Waals surface area contributed by atoms with Crippen molar-refractivity contribution in [3.05, 3.63) is 59.4 Å². The summed E-state index contributed by atoms with van der Waals surface area (Å²) in [5.74, 6) is -0.148. The van der Waals surface area contributed by atoms with E-state index in [1.807, 2.05) is 26.0 Å². The molecule has 0 saturated heterocycles. The number of carboxylic acid groups (broad SMARTS) is 1. The van der Waals surface area contributed by atoms with Gasteiger partial charge in [0.05, 0.1) is 7.11 Å². The van der Waals surface area contributed by atoms with Crippen molar-refractivity contribution in [1.82, 2.24) is 5.32 Å². The molecular formula is C20H24FNO4. The molecule has 2 rings (SSSR count). The number of para-hydroxylation sites is 1. The standard InChI is InChI=1S/C20H24FNO4/c1-13(2)18(20(23)24)22-11-15-5-4-6-17(25-3)19(15)26-12-14-7-9-16(21)10-8-14/h4-10,13,18,22H,11-12H2,1-3H3,(H,23,24). The van der Waals surface area contributed by atoms with E-state index in [0.717, 1.165) is 11.1 Å². The molecule has 0 heterocycles. The van der Waals surface area contributed by atoms with Crippen molar-refractivity contribution in [2.24, 2.45) is 5.92 Å². The Labute approximate surface area is 152 Å². The summed E-state index contributed by atoms with van der Waals surface area (Å²) in [6, 6.07) is 10.9. The highest BCUT2D eigenvalue weighted by atomic mass is 19.1. The molecule has 2 N–H and O–H groups in total. The number of nitrogens with one attached hydrogen (secondary N) is 1. The maximum absolute atomic E-state index is 13.0. The molecule has 0 amide bonds. The molecule has 1 atom stereocenters. The summed E-state index contributed by atoms with van der Waals surface area (Å²) in [4.78, 5) is 11.4. The van der Waals surface area contributed by atoms with Gasteiger partial charge in [-0.25, -0.2) is 4.39 Å². The summed E-state index contributed by atoms with van der Waals surface area (Å²) in [6.07, 6.45) is 0. The Morgan fingerprint density at radius 1 is 1.19 bits per heavy atom. The van der Waals surface area contributed by atoms with E-state index in [4.69, 9.17) is 9.47 Å². The number of carboxylic acids is 1. The molecule has 5 nitrogen and oxygen atoms in total. The summed E-state index contributed by atoms with van der Waals surface area (Å²) >= 11 is 0. The van der Waals surface area contributed by atoms with Crippen molar-refractivity contribution in [3.8, 4) is 11.5 Å². The number of rotatable bonds is 9. The maximum atomic E-state index is 13.0. The van der Waals surface area contributed by atoms with Gasteiger partial charge in [0.25, 0.3) is 0 Å². The van der Waals surface area contributed by atoms with E-state index in [2.05, 4.69) is 5.32 Å². The molecule has 0 aliphatic rings. The van der Waals surface area contributed by atoms with Gasteiger partial charge in [-0.05, 0) is 29.7 Å². The van der Waals surface area contributed by atoms with Crippen molar-refractivity contribution >= 4 is 5.97 Å². The van der Waals surface area contributed by atoms with Crippen LogP contribution < -0.4 is 14.8 Å². The average molecular weight is 361 g/mol. The third-order valence-corrected chi connectivity index (χ3v) is 4.02. The number of hydrogen-bond donors (Lipinski definition) is 2. The summed E-state index contributed by atoms with van der Waals surface area (Å²) in [5.41, 5.74) is 1.61. The van der Waals surface area contributed by atoms with E-state index in [1.54, 1.807) is 25.3 Å². The number of hydrogen-bond acceptors (Lipinski definition) is 4. The predicted molar refractivity (Wildman–Crippen MR) is 96.8 cm³/mol. The molecule has 0 fully saturated rings. The zero-order valence-electron chi connectivity index (χ0n) is 15.2. The van der Waals surface area contributed by atoms with Crippen molar-refractivity contribution in [2.75, 3.05) is 7.11 Å². The third kappa shape index (κ3) is 5.20. The molecule has 0 aromatic heterocycles. The molecule has 0 bridgehead atoms. The molecular weight excluding hydrogens is 337 g/mol. The second-order valence-electron chi connectivity index (χ2n) is 6.30. The Balaban J connectivity index is 2.16. The third-order valence-electron chi connectivity index (χ3n) is 4.02. The monoisotopic (exact) mass is 361 g/mol. The SMILES string of the molecule is COc1cccc(CNC(C(=O)O)C(C)C)c1OCc1ccc(F)cc1. The highest BCUT2D eigenvalue weighted by Crippen LogP contribution is 2.32. The van der Waals surface area contributed by atoms with Crippen LogP contribution >= 0.6 is 0 Å². The first-order chi connectivity index (χ1) is 12.4. The first kappa shape index (κ1) is 19.7. The summed E-state index contributed by atoms with van der Waals surface area (Å²) in [5, 5.41) is 12.4. The van der Waals surface area contributed by atoms with Gasteiger partial charge in [-0.2, -0.15) is 0 Å². The second-order valence-corrected chi connectivity index (χ2v) is 6.30. The molecule has 6 heteroatoms. The molecule has 0 spiro atoms. The number of ether oxygens (including phenoxy) is 2. The van der Waals surface area contributed by atoms with Crippen LogP contribution in [0.5, 0.6) is 11.5 Å². The fourth-order valence-corrected chi connectivity index (χ4v) is 2.59. The molecule has 1 unspecified atom stereocenters. The summed E-state index contributed by atoms with van der Waals surface area (Å²) in [7, 11) is 1.55. The van der Waals surface area contributed by atoms with Gasteiger partial charge >= 0.3 is 5.97 Å². The Morgan fingerprint density at radius 3 is 2.46 bits per heavy atom. The van der Waals surface area contributed by atoms with Crippen LogP contribution in [0.25, 0.3) is 0 Å². The lowest BCUT2D eigenvalue weighted by atomic mass is 10.0. The topological polar surface area (TPSA) is 67.8 Å². The average Bonchev–Trinajstić information content (AvgIpc) is 2.61. The maximum Gasteiger partial charge on any atom is 0.320 e. The van der Waals surface area contributed by atoms with Crippen molar-refractivity contribution in [3.63, 3.8) is 0 Å². The molecule has 0 saturated carbocycles. The van der Waals surface area contributed by atoms with E-state index >= 15 is 0 Å². The largest absolute Gasteiger partial charge is 0.493 e. The van der Waals surface area contributed by atoms with E-state index in [0.29, 0.717) is 18.0 Å². The zero-order chi connectivity index (χ0) is 19.1. The lowest BCUT2D eigenvalue weighted by molar-refractivity contribution is -0.140. The van der Waals surface area contributed by atoms with Crippen LogP contribution in [0.1, 0.15) is 25.0 Å². The Kier molecular flexibility index (Phi) is 6.97. The van der Waals surface area contributed by atoms with E-state index in [-0.39, 0.29) is 18.3 Å². The van der Waals surface area contributed by atoms with Crippen LogP contribution in [-0.4, -0.2) is 24.2 Å². The van der Waals surface area contributed by atoms with Gasteiger partial charge in [0, 0.05) is 12.1 Å². The molecule has 0 aliphatic heterocycles. The quantitative estimate of drug-likeness (QED) is 0.714. The Morgan fingerprint density at radius 2 is 1.88 bits per heavy atom. The van der Waals surface area contributed by atoms with Gasteiger partial charge in [0.1, 0.15) is 18.5 Å². The van der Waals surface area contributed by atoms with Crippen molar-refractivity contribution in [2.45, 2.75) is 33.0 Å². The first-order valence-electron chi connectivity index (χ1n) is 8.41. The van der Waals surface area contributed by atoms with Crippen LogP contribution in [-0.2, 0) is 17.9 Å². The summed E-state index contributed by atoms with van der Waals surface area (Å²) < 4.78 is 24.3. The van der Waals surface area contributed by atoms with Crippen LogP contribution in [0.4, 0.5) is 4.39 Å². The van der Waals surface area contributed by atoms with Crippen molar-refractivity contribution < 1.29 is 23.8 Å². The highest BCUT2D eigenvalue weighted by Gasteiger charge is 2.21. The fourth-order valence-electron chi connectivity index (χ4n) is 2.59. The van der Waals surface area contributed by atoms with Crippen LogP contribution in [0.15, 0.2) is 42.5 Å². The van der Waals surface area contributed by atoms with Crippen molar-refractivity contribution in [1.29, 1.82) is 0 Å². The summed E-state index contributed by atoms with van der Waals surface area (Å²) in [6.45, 7) is 4.28. The fraction of sp³-hybridized carbons (Fsp3) is 0.350. The van der Waals surface area contributed by atoms with Gasteiger partial charge in [-0.1, -0.05) is 38.1 Å². The minimum Gasteiger partial charge on any atom is -0.493 e. The number of carbonyl (C=O) groups is 1. The van der Waals surface area contributed by atoms with E-state index < -0.39 is 12.0 Å². The molecule has 140 valence electrons.